The highest BCUT2D eigenvalue weighted by atomic mass is 19.4. The summed E-state index contributed by atoms with van der Waals surface area (Å²) in [6.45, 7) is 5.65. The highest BCUT2D eigenvalue weighted by Gasteiger charge is 2.38. The van der Waals surface area contributed by atoms with Crippen molar-refractivity contribution in [3.63, 3.8) is 0 Å². The van der Waals surface area contributed by atoms with Crippen LogP contribution < -0.4 is 10.5 Å². The molecule has 1 aromatic carbocycles. The van der Waals surface area contributed by atoms with Crippen molar-refractivity contribution in [2.24, 2.45) is 11.1 Å². The van der Waals surface area contributed by atoms with E-state index < -0.39 is 17.4 Å². The summed E-state index contributed by atoms with van der Waals surface area (Å²) in [7, 11) is 0. The SMILES string of the molecule is CC(C)(C)C(O)(CN)Cc1ccc(OC(F)(F)F)cc1. The van der Waals surface area contributed by atoms with Crippen LogP contribution in [0.25, 0.3) is 0 Å². The number of halogens is 3. The summed E-state index contributed by atoms with van der Waals surface area (Å²) in [4.78, 5) is 0. The highest BCUT2D eigenvalue weighted by molar-refractivity contribution is 5.28. The van der Waals surface area contributed by atoms with Gasteiger partial charge < -0.3 is 15.6 Å². The number of nitrogens with two attached hydrogens (primary N) is 1. The third kappa shape index (κ3) is 4.38. The molecule has 0 aliphatic carbocycles. The number of aliphatic hydroxyl groups is 1. The lowest BCUT2D eigenvalue weighted by atomic mass is 9.73. The van der Waals surface area contributed by atoms with Gasteiger partial charge in [0.05, 0.1) is 5.60 Å². The van der Waals surface area contributed by atoms with Gasteiger partial charge in [-0.05, 0) is 23.1 Å². The lowest BCUT2D eigenvalue weighted by Gasteiger charge is -2.39. The van der Waals surface area contributed by atoms with Crippen molar-refractivity contribution in [2.45, 2.75) is 39.2 Å². The topological polar surface area (TPSA) is 55.5 Å². The molecule has 0 saturated carbocycles. The van der Waals surface area contributed by atoms with Gasteiger partial charge in [-0.3, -0.25) is 0 Å². The fourth-order valence-corrected chi connectivity index (χ4v) is 1.79. The van der Waals surface area contributed by atoms with Gasteiger partial charge in [-0.25, -0.2) is 0 Å². The lowest BCUT2D eigenvalue weighted by Crippen LogP contribution is -2.50. The summed E-state index contributed by atoms with van der Waals surface area (Å²) in [6.07, 6.45) is -4.44. The van der Waals surface area contributed by atoms with Crippen LogP contribution in [0.15, 0.2) is 24.3 Å². The molecule has 1 atom stereocenters. The van der Waals surface area contributed by atoms with Gasteiger partial charge in [-0.2, -0.15) is 0 Å². The molecule has 0 spiro atoms. The molecule has 1 unspecified atom stereocenters. The number of hydrogen-bond donors (Lipinski definition) is 2. The molecule has 6 heteroatoms. The summed E-state index contributed by atoms with van der Waals surface area (Å²) in [5.41, 5.74) is 4.76. The predicted octanol–water partition coefficient (Wildman–Crippen LogP) is 2.86. The van der Waals surface area contributed by atoms with Crippen molar-refractivity contribution in [1.29, 1.82) is 0 Å². The molecule has 0 bridgehead atoms. The van der Waals surface area contributed by atoms with Crippen molar-refractivity contribution < 1.29 is 23.0 Å². The zero-order valence-electron chi connectivity index (χ0n) is 11.8. The van der Waals surface area contributed by atoms with Crippen molar-refractivity contribution in [3.05, 3.63) is 29.8 Å². The molecule has 0 heterocycles. The molecule has 0 amide bonds. The van der Waals surface area contributed by atoms with Gasteiger partial charge in [-0.1, -0.05) is 32.9 Å². The first kappa shape index (κ1) is 16.8. The Kier molecular flexibility index (Phi) is 4.71. The maximum atomic E-state index is 12.0. The van der Waals surface area contributed by atoms with Crippen LogP contribution in [0.2, 0.25) is 0 Å². The third-order valence-corrected chi connectivity index (χ3v) is 3.39. The van der Waals surface area contributed by atoms with Gasteiger partial charge in [0.1, 0.15) is 5.75 Å². The van der Waals surface area contributed by atoms with E-state index in [1.807, 2.05) is 20.8 Å². The van der Waals surface area contributed by atoms with E-state index >= 15 is 0 Å². The number of rotatable bonds is 4. The molecule has 20 heavy (non-hydrogen) atoms. The first-order valence-corrected chi connectivity index (χ1v) is 6.24. The Labute approximate surface area is 116 Å². The summed E-state index contributed by atoms with van der Waals surface area (Å²) >= 11 is 0. The Morgan fingerprint density at radius 3 is 1.95 bits per heavy atom. The second-order valence-electron chi connectivity index (χ2n) is 5.85. The maximum Gasteiger partial charge on any atom is 0.573 e. The van der Waals surface area contributed by atoms with Gasteiger partial charge in [-0.15, -0.1) is 13.2 Å². The number of hydrogen-bond acceptors (Lipinski definition) is 3. The van der Waals surface area contributed by atoms with E-state index in [1.54, 1.807) is 0 Å². The van der Waals surface area contributed by atoms with Crippen molar-refractivity contribution in [3.8, 4) is 5.75 Å². The fourth-order valence-electron chi connectivity index (χ4n) is 1.79. The Balaban J connectivity index is 2.84. The van der Waals surface area contributed by atoms with E-state index in [2.05, 4.69) is 4.74 Å². The fraction of sp³-hybridized carbons (Fsp3) is 0.571. The third-order valence-electron chi connectivity index (χ3n) is 3.39. The van der Waals surface area contributed by atoms with E-state index in [0.29, 0.717) is 5.56 Å². The van der Waals surface area contributed by atoms with Gasteiger partial charge in [0.15, 0.2) is 0 Å². The van der Waals surface area contributed by atoms with Crippen LogP contribution in [-0.4, -0.2) is 23.6 Å². The van der Waals surface area contributed by atoms with Crippen LogP contribution in [0.1, 0.15) is 26.3 Å². The van der Waals surface area contributed by atoms with Gasteiger partial charge >= 0.3 is 6.36 Å². The molecule has 0 aromatic heterocycles. The van der Waals surface area contributed by atoms with Gasteiger partial charge in [0.2, 0.25) is 0 Å². The molecule has 0 aliphatic heterocycles. The lowest BCUT2D eigenvalue weighted by molar-refractivity contribution is -0.274. The average molecular weight is 291 g/mol. The molecular formula is C14H20F3NO2. The number of ether oxygens (including phenoxy) is 1. The summed E-state index contributed by atoms with van der Waals surface area (Å²) in [5.74, 6) is -0.284. The van der Waals surface area contributed by atoms with E-state index in [4.69, 9.17) is 5.73 Å². The minimum absolute atomic E-state index is 0.0668. The quantitative estimate of drug-likeness (QED) is 0.897. The van der Waals surface area contributed by atoms with Gasteiger partial charge in [0.25, 0.3) is 0 Å². The van der Waals surface area contributed by atoms with Gasteiger partial charge in [0, 0.05) is 13.0 Å². The molecule has 1 aromatic rings. The largest absolute Gasteiger partial charge is 0.573 e. The van der Waals surface area contributed by atoms with E-state index in [-0.39, 0.29) is 18.7 Å². The molecule has 3 nitrogen and oxygen atoms in total. The molecule has 1 rings (SSSR count). The average Bonchev–Trinajstić information content (AvgIpc) is 2.28. The second-order valence-corrected chi connectivity index (χ2v) is 5.85. The molecule has 0 radical (unpaired) electrons. The Hall–Kier alpha value is -1.27. The van der Waals surface area contributed by atoms with Crippen LogP contribution in [0.4, 0.5) is 13.2 Å². The molecule has 0 saturated heterocycles. The smallest absolute Gasteiger partial charge is 0.406 e. The molecule has 0 fully saturated rings. The predicted molar refractivity (Wildman–Crippen MR) is 70.3 cm³/mol. The molecular weight excluding hydrogens is 271 g/mol. The first-order chi connectivity index (χ1) is 8.97. The number of benzene rings is 1. The van der Waals surface area contributed by atoms with Crippen LogP contribution in [0.3, 0.4) is 0 Å². The minimum Gasteiger partial charge on any atom is -0.406 e. The molecule has 0 aliphatic rings. The zero-order valence-corrected chi connectivity index (χ0v) is 11.8. The standard InChI is InChI=1S/C14H20F3NO2/c1-12(2,3)13(19,9-18)8-10-4-6-11(7-5-10)20-14(15,16)17/h4-7,19H,8-9,18H2,1-3H3. The highest BCUT2D eigenvalue weighted by Crippen LogP contribution is 2.33. The van der Waals surface area contributed by atoms with E-state index in [9.17, 15) is 18.3 Å². The molecule has 114 valence electrons. The Morgan fingerprint density at radius 1 is 1.10 bits per heavy atom. The summed E-state index contributed by atoms with van der Waals surface area (Å²) in [6, 6.07) is 5.44. The van der Waals surface area contributed by atoms with Crippen LogP contribution in [-0.2, 0) is 6.42 Å². The van der Waals surface area contributed by atoms with Crippen LogP contribution in [0, 0.1) is 5.41 Å². The van der Waals surface area contributed by atoms with Crippen molar-refractivity contribution in [1.82, 2.24) is 0 Å². The van der Waals surface area contributed by atoms with Crippen LogP contribution in [0.5, 0.6) is 5.75 Å². The maximum absolute atomic E-state index is 12.0. The van der Waals surface area contributed by atoms with Crippen molar-refractivity contribution in [2.75, 3.05) is 6.54 Å². The first-order valence-electron chi connectivity index (χ1n) is 6.24. The summed E-state index contributed by atoms with van der Waals surface area (Å²) < 4.78 is 39.9. The zero-order chi connectivity index (χ0) is 15.6. The minimum atomic E-state index is -4.70. The number of alkyl halides is 3. The normalized spacial score (nSPS) is 15.8. The Bertz CT molecular complexity index is 437. The molecule has 3 N–H and O–H groups in total. The van der Waals surface area contributed by atoms with E-state index in [1.165, 1.54) is 24.3 Å². The second kappa shape index (κ2) is 5.61. The Morgan fingerprint density at radius 2 is 1.60 bits per heavy atom. The summed E-state index contributed by atoms with van der Waals surface area (Å²) in [5, 5.41) is 10.5. The van der Waals surface area contributed by atoms with E-state index in [0.717, 1.165) is 0 Å². The monoisotopic (exact) mass is 291 g/mol. The van der Waals surface area contributed by atoms with Crippen LogP contribution >= 0.6 is 0 Å². The van der Waals surface area contributed by atoms with Crippen molar-refractivity contribution >= 4 is 0 Å².